The number of nitrogens with zero attached hydrogens (tertiary/aromatic N) is 3. The van der Waals surface area contributed by atoms with Gasteiger partial charge in [-0.3, -0.25) is 4.79 Å². The zero-order valence-electron chi connectivity index (χ0n) is 16.9. The largest absolute Gasteiger partial charge is 0.348 e. The fourth-order valence-electron chi connectivity index (χ4n) is 3.51. The van der Waals surface area contributed by atoms with Gasteiger partial charge in [0.15, 0.2) is 0 Å². The van der Waals surface area contributed by atoms with E-state index in [1.54, 1.807) is 30.3 Å². The Labute approximate surface area is 181 Å². The highest BCUT2D eigenvalue weighted by Gasteiger charge is 2.25. The highest BCUT2D eigenvalue weighted by Crippen LogP contribution is 2.35. The molecule has 4 rings (SSSR count). The molecule has 2 heterocycles. The fraction of sp³-hybridized carbons (Fsp3) is 0.227. The minimum Gasteiger partial charge on any atom is -0.348 e. The maximum Gasteiger partial charge on any atom is 0.241 e. The first-order valence-electron chi connectivity index (χ1n) is 9.69. The molecule has 2 aliphatic rings. The molecule has 1 aromatic heterocycles. The van der Waals surface area contributed by atoms with E-state index in [1.807, 2.05) is 24.3 Å². The van der Waals surface area contributed by atoms with E-state index in [0.29, 0.717) is 18.1 Å². The van der Waals surface area contributed by atoms with Gasteiger partial charge >= 0.3 is 0 Å². The van der Waals surface area contributed by atoms with Gasteiger partial charge in [-0.2, -0.15) is 4.72 Å². The van der Waals surface area contributed by atoms with Gasteiger partial charge in [0.1, 0.15) is 0 Å². The van der Waals surface area contributed by atoms with Crippen molar-refractivity contribution in [3.05, 3.63) is 59.2 Å². The zero-order chi connectivity index (χ0) is 22.0. The maximum absolute atomic E-state index is 12.5. The van der Waals surface area contributed by atoms with Gasteiger partial charge in [-0.05, 0) is 18.6 Å². The normalized spacial score (nSPS) is 17.8. The topological polar surface area (TPSA) is 104 Å². The van der Waals surface area contributed by atoms with Gasteiger partial charge in [0.25, 0.3) is 0 Å². The summed E-state index contributed by atoms with van der Waals surface area (Å²) in [6.07, 6.45) is 12.4. The number of carbonyl (C=O) groups excluding carboxylic acids is 1. The molecule has 1 unspecified atom stereocenters. The summed E-state index contributed by atoms with van der Waals surface area (Å²) in [5, 5.41) is 3.22. The predicted molar refractivity (Wildman–Crippen MR) is 120 cm³/mol. The van der Waals surface area contributed by atoms with Crippen LogP contribution >= 0.6 is 0 Å². The molecular formula is C22H21N5O3S. The number of amides is 1. The number of para-hydroxylation sites is 1. The number of hydrogen-bond acceptors (Lipinski definition) is 6. The molecule has 1 aliphatic heterocycles. The minimum atomic E-state index is -3.62. The van der Waals surface area contributed by atoms with Crippen molar-refractivity contribution in [1.82, 2.24) is 14.7 Å². The van der Waals surface area contributed by atoms with E-state index < -0.39 is 10.0 Å². The van der Waals surface area contributed by atoms with Gasteiger partial charge in [0, 0.05) is 24.4 Å². The second kappa shape index (κ2) is 8.34. The number of hydrogen-bond donors (Lipinski definition) is 2. The number of nitrogens with one attached hydrogen (secondary N) is 2. The number of benzene rings is 1. The third-order valence-electron chi connectivity index (χ3n) is 5.16. The monoisotopic (exact) mass is 435 g/mol. The fourth-order valence-corrected chi connectivity index (χ4v) is 4.53. The Hall–Kier alpha value is -3.48. The van der Waals surface area contributed by atoms with Gasteiger partial charge in [-0.25, -0.2) is 18.4 Å². The van der Waals surface area contributed by atoms with E-state index in [0.717, 1.165) is 16.8 Å². The molecule has 0 bridgehead atoms. The summed E-state index contributed by atoms with van der Waals surface area (Å²) < 4.78 is 26.7. The zero-order valence-corrected chi connectivity index (χ0v) is 17.7. The van der Waals surface area contributed by atoms with Crippen LogP contribution in [0.3, 0.4) is 0 Å². The van der Waals surface area contributed by atoms with Crippen molar-refractivity contribution >= 4 is 27.6 Å². The van der Waals surface area contributed by atoms with Crippen molar-refractivity contribution in [2.24, 2.45) is 0 Å². The summed E-state index contributed by atoms with van der Waals surface area (Å²) >= 11 is 0. The van der Waals surface area contributed by atoms with Crippen LogP contribution in [-0.2, 0) is 21.2 Å². The smallest absolute Gasteiger partial charge is 0.241 e. The van der Waals surface area contributed by atoms with Crippen molar-refractivity contribution < 1.29 is 13.2 Å². The van der Waals surface area contributed by atoms with Crippen LogP contribution in [0.15, 0.2) is 53.6 Å². The lowest BCUT2D eigenvalue weighted by molar-refractivity contribution is -0.117. The van der Waals surface area contributed by atoms with Crippen molar-refractivity contribution in [2.45, 2.75) is 18.9 Å². The summed E-state index contributed by atoms with van der Waals surface area (Å²) in [5.74, 6) is 2.63. The Morgan fingerprint density at radius 2 is 2.13 bits per heavy atom. The van der Waals surface area contributed by atoms with E-state index in [-0.39, 0.29) is 29.8 Å². The second-order valence-corrected chi connectivity index (χ2v) is 8.96. The number of fused-ring (bicyclic) bond motifs is 3. The number of likely N-dealkylation sites (N-methyl/N-ethyl adjacent to an activating group) is 1. The van der Waals surface area contributed by atoms with E-state index in [2.05, 4.69) is 25.9 Å². The first-order valence-corrected chi connectivity index (χ1v) is 11.2. The minimum absolute atomic E-state index is 0.0250. The Morgan fingerprint density at radius 3 is 2.87 bits per heavy atom. The summed E-state index contributed by atoms with van der Waals surface area (Å²) in [6.45, 7) is -0.0582. The third-order valence-corrected chi connectivity index (χ3v) is 6.60. The van der Waals surface area contributed by atoms with E-state index in [4.69, 9.17) is 6.42 Å². The lowest BCUT2D eigenvalue weighted by Crippen LogP contribution is -2.27. The highest BCUT2D eigenvalue weighted by molar-refractivity contribution is 7.93. The van der Waals surface area contributed by atoms with Gasteiger partial charge in [0.2, 0.25) is 21.9 Å². The van der Waals surface area contributed by atoms with E-state index in [9.17, 15) is 13.2 Å². The second-order valence-electron chi connectivity index (χ2n) is 7.19. The molecule has 31 heavy (non-hydrogen) atoms. The molecule has 0 fully saturated rings. The highest BCUT2D eigenvalue weighted by atomic mass is 32.2. The van der Waals surface area contributed by atoms with Crippen molar-refractivity contribution in [3.8, 4) is 23.6 Å². The summed E-state index contributed by atoms with van der Waals surface area (Å²) in [7, 11) is -1.86. The molecule has 158 valence electrons. The molecule has 9 heteroatoms. The van der Waals surface area contributed by atoms with Crippen LogP contribution in [0.25, 0.3) is 11.3 Å². The summed E-state index contributed by atoms with van der Waals surface area (Å²) in [6, 6.07) is 7.45. The SMILES string of the molecule is C#CCNS(=O)(=O)C1=CCC(Nc2ncc3c(n2)-c2ccccc2N(C)C(=O)C3)C=C1. The Morgan fingerprint density at radius 1 is 1.32 bits per heavy atom. The Bertz CT molecular complexity index is 1240. The number of anilines is 2. The molecule has 2 N–H and O–H groups in total. The average Bonchev–Trinajstić information content (AvgIpc) is 2.88. The number of aromatic nitrogens is 2. The molecule has 0 saturated carbocycles. The van der Waals surface area contributed by atoms with E-state index >= 15 is 0 Å². The molecule has 1 atom stereocenters. The lowest BCUT2D eigenvalue weighted by Gasteiger charge is -2.19. The average molecular weight is 436 g/mol. The molecule has 0 spiro atoms. The first kappa shape index (κ1) is 20.8. The molecule has 2 aromatic rings. The number of carbonyl (C=O) groups is 1. The predicted octanol–water partition coefficient (Wildman–Crippen LogP) is 1.84. The molecule has 0 saturated heterocycles. The number of allylic oxidation sites excluding steroid dienone is 1. The summed E-state index contributed by atoms with van der Waals surface area (Å²) in [4.78, 5) is 23.4. The lowest BCUT2D eigenvalue weighted by atomic mass is 10.1. The van der Waals surface area contributed by atoms with Gasteiger partial charge in [-0.15, -0.1) is 6.42 Å². The number of terminal acetylenes is 1. The van der Waals surface area contributed by atoms with Gasteiger partial charge in [0.05, 0.1) is 35.3 Å². The summed E-state index contributed by atoms with van der Waals surface area (Å²) in [5.41, 5.74) is 3.14. The van der Waals surface area contributed by atoms with Crippen LogP contribution in [0.1, 0.15) is 12.0 Å². The van der Waals surface area contributed by atoms with Crippen LogP contribution in [0.2, 0.25) is 0 Å². The van der Waals surface area contributed by atoms with Crippen LogP contribution in [-0.4, -0.2) is 43.9 Å². The van der Waals surface area contributed by atoms with Crippen molar-refractivity contribution in [3.63, 3.8) is 0 Å². The van der Waals surface area contributed by atoms with Gasteiger partial charge < -0.3 is 10.2 Å². The van der Waals surface area contributed by atoms with Gasteiger partial charge in [-0.1, -0.05) is 36.3 Å². The van der Waals surface area contributed by atoms with Crippen LogP contribution in [0, 0.1) is 12.3 Å². The van der Waals surface area contributed by atoms with Crippen LogP contribution in [0.4, 0.5) is 11.6 Å². The van der Waals surface area contributed by atoms with Crippen LogP contribution < -0.4 is 14.9 Å². The molecule has 1 aliphatic carbocycles. The Balaban J connectivity index is 1.56. The Kier molecular flexibility index (Phi) is 5.59. The molecule has 0 radical (unpaired) electrons. The molecule has 1 aromatic carbocycles. The van der Waals surface area contributed by atoms with Crippen molar-refractivity contribution in [1.29, 1.82) is 0 Å². The first-order chi connectivity index (χ1) is 14.9. The molecular weight excluding hydrogens is 414 g/mol. The number of sulfonamides is 1. The third kappa shape index (κ3) is 4.21. The van der Waals surface area contributed by atoms with Crippen molar-refractivity contribution in [2.75, 3.05) is 23.8 Å². The maximum atomic E-state index is 12.5. The molecule has 8 nitrogen and oxygen atoms in total. The number of rotatable bonds is 5. The standard InChI is InChI=1S/C22H21N5O3S/c1-3-12-24-31(29,30)17-10-8-16(9-11-17)25-22-23-14-15-13-20(28)27(2)19-7-5-4-6-18(19)21(15)26-22/h1,4-8,10-11,14,16,24H,9,12-13H2,2H3,(H,23,25,26). The van der Waals surface area contributed by atoms with E-state index in [1.165, 1.54) is 6.08 Å². The van der Waals surface area contributed by atoms with Crippen LogP contribution in [0.5, 0.6) is 0 Å². The quantitative estimate of drug-likeness (QED) is 0.695. The molecule has 1 amide bonds.